The van der Waals surface area contributed by atoms with Gasteiger partial charge in [0.1, 0.15) is 11.5 Å². The first-order chi connectivity index (χ1) is 11.6. The second kappa shape index (κ2) is 8.02. The molecular weight excluding hydrogens is 302 g/mol. The second-order valence-electron chi connectivity index (χ2n) is 5.07. The number of fused-ring (bicyclic) bond motifs is 1. The number of nitrogens with one attached hydrogen (secondary N) is 1. The molecule has 0 aliphatic rings. The van der Waals surface area contributed by atoms with Gasteiger partial charge in [-0.2, -0.15) is 0 Å². The lowest BCUT2D eigenvalue weighted by atomic mass is 10.0. The van der Waals surface area contributed by atoms with Crippen molar-refractivity contribution in [3.8, 4) is 11.5 Å². The Morgan fingerprint density at radius 1 is 0.917 bits per heavy atom. The summed E-state index contributed by atoms with van der Waals surface area (Å²) in [6.45, 7) is 4.40. The summed E-state index contributed by atoms with van der Waals surface area (Å²) in [6.07, 6.45) is 0. The van der Waals surface area contributed by atoms with Gasteiger partial charge in [-0.15, -0.1) is 0 Å². The van der Waals surface area contributed by atoms with E-state index in [1.54, 1.807) is 24.3 Å². The molecule has 0 radical (unpaired) electrons. The molecule has 0 saturated carbocycles. The van der Waals surface area contributed by atoms with Crippen molar-refractivity contribution in [1.82, 2.24) is 5.32 Å². The van der Waals surface area contributed by atoms with Crippen LogP contribution in [-0.4, -0.2) is 16.1 Å². The van der Waals surface area contributed by atoms with Crippen molar-refractivity contribution in [2.75, 3.05) is 0 Å². The van der Waals surface area contributed by atoms with E-state index in [0.717, 1.165) is 10.9 Å². The van der Waals surface area contributed by atoms with Gasteiger partial charge < -0.3 is 15.5 Å². The molecule has 3 rings (SSSR count). The highest BCUT2D eigenvalue weighted by molar-refractivity contribution is 6.01. The lowest BCUT2D eigenvalue weighted by Crippen LogP contribution is -2.22. The topological polar surface area (TPSA) is 69.6 Å². The van der Waals surface area contributed by atoms with Gasteiger partial charge in [-0.05, 0) is 40.6 Å². The van der Waals surface area contributed by atoms with Gasteiger partial charge >= 0.3 is 0 Å². The third kappa shape index (κ3) is 4.04. The average Bonchev–Trinajstić information content (AvgIpc) is 2.61. The highest BCUT2D eigenvalue weighted by Gasteiger charge is 2.12. The number of carbonyl (C=O) groups is 1. The predicted octanol–water partition coefficient (Wildman–Crippen LogP) is 4.21. The Morgan fingerprint density at radius 2 is 1.62 bits per heavy atom. The fraction of sp³-hybridized carbons (Fsp3) is 0.150. The van der Waals surface area contributed by atoms with Gasteiger partial charge in [0.05, 0.1) is 5.56 Å². The van der Waals surface area contributed by atoms with Gasteiger partial charge in [0.25, 0.3) is 5.91 Å². The van der Waals surface area contributed by atoms with Crippen LogP contribution in [0, 0.1) is 0 Å². The fourth-order valence-corrected chi connectivity index (χ4v) is 2.33. The third-order valence-corrected chi connectivity index (χ3v) is 3.48. The molecule has 4 nitrogen and oxygen atoms in total. The zero-order valence-electron chi connectivity index (χ0n) is 13.8. The summed E-state index contributed by atoms with van der Waals surface area (Å²) in [5.74, 6) is -0.326. The maximum Gasteiger partial charge on any atom is 0.255 e. The minimum atomic E-state index is -0.337. The third-order valence-electron chi connectivity index (χ3n) is 3.48. The minimum absolute atomic E-state index is 0.108. The SMILES string of the molecule is CC.O=C(NCc1ccccc1)c1cc2ccc(O)cc2cc1O. The second-order valence-corrected chi connectivity index (χ2v) is 5.07. The number of phenolic OH excluding ortho intramolecular Hbond substituents is 2. The summed E-state index contributed by atoms with van der Waals surface area (Å²) < 4.78 is 0. The van der Waals surface area contributed by atoms with Crippen LogP contribution < -0.4 is 5.32 Å². The van der Waals surface area contributed by atoms with E-state index >= 15 is 0 Å². The van der Waals surface area contributed by atoms with Crippen LogP contribution in [0.15, 0.2) is 60.7 Å². The number of hydrogen-bond acceptors (Lipinski definition) is 3. The molecule has 0 saturated heterocycles. The average molecular weight is 323 g/mol. The van der Waals surface area contributed by atoms with Crippen LogP contribution in [0.1, 0.15) is 29.8 Å². The molecule has 0 unspecified atom stereocenters. The van der Waals surface area contributed by atoms with Gasteiger partial charge in [-0.25, -0.2) is 0 Å². The molecule has 3 aromatic rings. The monoisotopic (exact) mass is 323 g/mol. The van der Waals surface area contributed by atoms with Crippen LogP contribution in [0.25, 0.3) is 10.8 Å². The summed E-state index contributed by atoms with van der Waals surface area (Å²) in [5.41, 5.74) is 1.20. The molecule has 24 heavy (non-hydrogen) atoms. The van der Waals surface area contributed by atoms with E-state index in [4.69, 9.17) is 0 Å². The lowest BCUT2D eigenvalue weighted by Gasteiger charge is -2.09. The highest BCUT2D eigenvalue weighted by atomic mass is 16.3. The van der Waals surface area contributed by atoms with Crippen molar-refractivity contribution in [2.24, 2.45) is 0 Å². The molecule has 124 valence electrons. The zero-order chi connectivity index (χ0) is 17.5. The van der Waals surface area contributed by atoms with Gasteiger partial charge in [-0.3, -0.25) is 4.79 Å². The van der Waals surface area contributed by atoms with E-state index < -0.39 is 0 Å². The van der Waals surface area contributed by atoms with Crippen molar-refractivity contribution in [2.45, 2.75) is 20.4 Å². The molecule has 3 aromatic carbocycles. The Balaban J connectivity index is 0.00000100. The van der Waals surface area contributed by atoms with Crippen LogP contribution in [0.3, 0.4) is 0 Å². The van der Waals surface area contributed by atoms with E-state index in [1.807, 2.05) is 44.2 Å². The fourth-order valence-electron chi connectivity index (χ4n) is 2.33. The molecule has 0 heterocycles. The standard InChI is InChI=1S/C18H15NO3.C2H6/c20-15-7-6-13-9-16(17(21)10-14(13)8-15)18(22)19-11-12-4-2-1-3-5-12;1-2/h1-10,20-21H,11H2,(H,19,22);1-2H3. The molecular formula is C20H21NO3. The first-order valence-corrected chi connectivity index (χ1v) is 7.91. The van der Waals surface area contributed by atoms with E-state index in [9.17, 15) is 15.0 Å². The maximum atomic E-state index is 12.2. The number of carbonyl (C=O) groups excluding carboxylic acids is 1. The van der Waals surface area contributed by atoms with E-state index in [-0.39, 0.29) is 23.0 Å². The smallest absolute Gasteiger partial charge is 0.255 e. The molecule has 0 atom stereocenters. The van der Waals surface area contributed by atoms with Crippen LogP contribution in [0.5, 0.6) is 11.5 Å². The number of phenols is 2. The summed E-state index contributed by atoms with van der Waals surface area (Å²) in [7, 11) is 0. The molecule has 0 aromatic heterocycles. The molecule has 3 N–H and O–H groups in total. The Kier molecular flexibility index (Phi) is 5.79. The summed E-state index contributed by atoms with van der Waals surface area (Å²) >= 11 is 0. The number of aromatic hydroxyl groups is 2. The quantitative estimate of drug-likeness (QED) is 0.676. The zero-order valence-corrected chi connectivity index (χ0v) is 13.8. The summed E-state index contributed by atoms with van der Waals surface area (Å²) in [6, 6.07) is 17.5. The maximum absolute atomic E-state index is 12.2. The number of hydrogen-bond donors (Lipinski definition) is 3. The van der Waals surface area contributed by atoms with Crippen LogP contribution in [0.4, 0.5) is 0 Å². The van der Waals surface area contributed by atoms with Gasteiger partial charge in [0, 0.05) is 6.54 Å². The van der Waals surface area contributed by atoms with E-state index in [1.165, 1.54) is 6.07 Å². The molecule has 1 amide bonds. The Bertz CT molecular complexity index is 829. The minimum Gasteiger partial charge on any atom is -0.508 e. The van der Waals surface area contributed by atoms with Crippen molar-refractivity contribution < 1.29 is 15.0 Å². The van der Waals surface area contributed by atoms with Gasteiger partial charge in [0.2, 0.25) is 0 Å². The molecule has 0 bridgehead atoms. The molecule has 0 aliphatic carbocycles. The predicted molar refractivity (Wildman–Crippen MR) is 96.2 cm³/mol. The highest BCUT2D eigenvalue weighted by Crippen LogP contribution is 2.27. The number of rotatable bonds is 3. The Hall–Kier alpha value is -3.01. The van der Waals surface area contributed by atoms with Crippen molar-refractivity contribution >= 4 is 16.7 Å². The van der Waals surface area contributed by atoms with E-state index in [2.05, 4.69) is 5.32 Å². The van der Waals surface area contributed by atoms with Crippen molar-refractivity contribution in [3.63, 3.8) is 0 Å². The van der Waals surface area contributed by atoms with Crippen LogP contribution >= 0.6 is 0 Å². The van der Waals surface area contributed by atoms with Gasteiger partial charge in [-0.1, -0.05) is 50.2 Å². The first kappa shape index (κ1) is 17.3. The Morgan fingerprint density at radius 3 is 2.33 bits per heavy atom. The van der Waals surface area contributed by atoms with Gasteiger partial charge in [0.15, 0.2) is 0 Å². The van der Waals surface area contributed by atoms with E-state index in [0.29, 0.717) is 11.9 Å². The summed E-state index contributed by atoms with van der Waals surface area (Å²) in [5, 5.41) is 23.7. The first-order valence-electron chi connectivity index (χ1n) is 7.91. The number of amides is 1. The van der Waals surface area contributed by atoms with Crippen LogP contribution in [-0.2, 0) is 6.54 Å². The lowest BCUT2D eigenvalue weighted by molar-refractivity contribution is 0.0948. The summed E-state index contributed by atoms with van der Waals surface area (Å²) in [4.78, 5) is 12.2. The molecule has 0 fully saturated rings. The Labute approximate surface area is 141 Å². The largest absolute Gasteiger partial charge is 0.508 e. The molecule has 4 heteroatoms. The molecule has 0 spiro atoms. The van der Waals surface area contributed by atoms with Crippen molar-refractivity contribution in [3.05, 3.63) is 71.8 Å². The normalized spacial score (nSPS) is 9.92. The molecule has 0 aliphatic heterocycles. The number of benzene rings is 3. The van der Waals surface area contributed by atoms with Crippen LogP contribution in [0.2, 0.25) is 0 Å². The van der Waals surface area contributed by atoms with Crippen molar-refractivity contribution in [1.29, 1.82) is 0 Å².